The molecule has 2 aromatic rings. The fraction of sp³-hybridized carbons (Fsp3) is 0.188. The smallest absolute Gasteiger partial charge is 0.311 e. The molecule has 0 saturated carbocycles. The first kappa shape index (κ1) is 14.5. The van der Waals surface area contributed by atoms with Crippen molar-refractivity contribution in [2.45, 2.75) is 19.3 Å². The highest BCUT2D eigenvalue weighted by molar-refractivity contribution is 6.31. The first-order valence-electron chi connectivity index (χ1n) is 6.21. The molecule has 2 rings (SSSR count). The van der Waals surface area contributed by atoms with Crippen LogP contribution >= 0.6 is 11.6 Å². The molecule has 1 atom stereocenters. The molecule has 0 aliphatic heterocycles. The van der Waals surface area contributed by atoms with Crippen LogP contribution in [0.1, 0.15) is 22.6 Å². The number of aryl methyl sites for hydroxylation is 1. The number of benzene rings is 2. The zero-order valence-electron chi connectivity index (χ0n) is 10.9. The van der Waals surface area contributed by atoms with Crippen LogP contribution in [0.25, 0.3) is 0 Å². The van der Waals surface area contributed by atoms with Gasteiger partial charge in [0.05, 0.1) is 5.92 Å². The molecule has 2 nitrogen and oxygen atoms in total. The first-order valence-corrected chi connectivity index (χ1v) is 6.59. The van der Waals surface area contributed by atoms with Crippen LogP contribution in [0.3, 0.4) is 0 Å². The monoisotopic (exact) mass is 292 g/mol. The van der Waals surface area contributed by atoms with Crippen LogP contribution in [0.5, 0.6) is 0 Å². The highest BCUT2D eigenvalue weighted by Gasteiger charge is 2.23. The standard InChI is InChI=1S/C16H14ClFO2/c1-10-4-2-3-5-13(10)14(16(19)20)9-11-8-12(18)6-7-15(11)17/h2-8,14H,9H2,1H3,(H,19,20). The van der Waals surface area contributed by atoms with E-state index in [2.05, 4.69) is 0 Å². The minimum absolute atomic E-state index is 0.163. The quantitative estimate of drug-likeness (QED) is 0.917. The molecule has 1 N–H and O–H groups in total. The number of hydrogen-bond acceptors (Lipinski definition) is 1. The van der Waals surface area contributed by atoms with Crippen molar-refractivity contribution >= 4 is 17.6 Å². The van der Waals surface area contributed by atoms with Crippen molar-refractivity contribution in [3.05, 3.63) is 70.0 Å². The second-order valence-corrected chi connectivity index (χ2v) is 5.09. The summed E-state index contributed by atoms with van der Waals surface area (Å²) in [5.74, 6) is -2.10. The second-order valence-electron chi connectivity index (χ2n) is 4.69. The number of carboxylic acid groups (broad SMARTS) is 1. The van der Waals surface area contributed by atoms with E-state index in [0.717, 1.165) is 11.1 Å². The highest BCUT2D eigenvalue weighted by Crippen LogP contribution is 2.28. The minimum atomic E-state index is -0.945. The summed E-state index contributed by atoms with van der Waals surface area (Å²) in [6, 6.07) is 11.3. The summed E-state index contributed by atoms with van der Waals surface area (Å²) in [7, 11) is 0. The van der Waals surface area contributed by atoms with E-state index in [0.29, 0.717) is 10.6 Å². The van der Waals surface area contributed by atoms with E-state index in [1.807, 2.05) is 19.1 Å². The average Bonchev–Trinajstić information content (AvgIpc) is 2.40. The molecule has 0 aliphatic rings. The fourth-order valence-electron chi connectivity index (χ4n) is 2.23. The van der Waals surface area contributed by atoms with Gasteiger partial charge < -0.3 is 5.11 Å². The number of halogens is 2. The third-order valence-electron chi connectivity index (χ3n) is 3.29. The van der Waals surface area contributed by atoms with Crippen molar-refractivity contribution in [2.75, 3.05) is 0 Å². The normalized spacial score (nSPS) is 12.2. The Kier molecular flexibility index (Phi) is 4.40. The third kappa shape index (κ3) is 3.17. The van der Waals surface area contributed by atoms with Crippen LogP contribution in [0.2, 0.25) is 5.02 Å². The molecule has 0 heterocycles. The van der Waals surface area contributed by atoms with Gasteiger partial charge in [-0.15, -0.1) is 0 Å². The van der Waals surface area contributed by atoms with Gasteiger partial charge in [0.15, 0.2) is 0 Å². The Hall–Kier alpha value is -1.87. The van der Waals surface area contributed by atoms with Crippen molar-refractivity contribution in [3.63, 3.8) is 0 Å². The summed E-state index contributed by atoms with van der Waals surface area (Å²) >= 11 is 6.01. The first-order chi connectivity index (χ1) is 9.49. The van der Waals surface area contributed by atoms with Gasteiger partial charge in [-0.2, -0.15) is 0 Å². The van der Waals surface area contributed by atoms with Crippen LogP contribution in [0, 0.1) is 12.7 Å². The SMILES string of the molecule is Cc1ccccc1C(Cc1cc(F)ccc1Cl)C(=O)O. The van der Waals surface area contributed by atoms with Gasteiger partial charge in [0.25, 0.3) is 0 Å². The van der Waals surface area contributed by atoms with E-state index in [9.17, 15) is 14.3 Å². The molecule has 104 valence electrons. The Labute approximate surface area is 121 Å². The van der Waals surface area contributed by atoms with E-state index >= 15 is 0 Å². The maximum absolute atomic E-state index is 13.3. The highest BCUT2D eigenvalue weighted by atomic mass is 35.5. The molecule has 0 amide bonds. The maximum atomic E-state index is 13.3. The van der Waals surface area contributed by atoms with E-state index < -0.39 is 17.7 Å². The van der Waals surface area contributed by atoms with Gasteiger partial charge in [0.2, 0.25) is 0 Å². The van der Waals surface area contributed by atoms with Crippen molar-refractivity contribution < 1.29 is 14.3 Å². The zero-order chi connectivity index (χ0) is 14.7. The van der Waals surface area contributed by atoms with E-state index in [-0.39, 0.29) is 6.42 Å². The van der Waals surface area contributed by atoms with E-state index in [1.165, 1.54) is 18.2 Å². The number of rotatable bonds is 4. The molecule has 0 radical (unpaired) electrons. The van der Waals surface area contributed by atoms with Crippen LogP contribution in [-0.4, -0.2) is 11.1 Å². The third-order valence-corrected chi connectivity index (χ3v) is 3.66. The molecular formula is C16H14ClFO2. The van der Waals surface area contributed by atoms with Gasteiger partial charge in [-0.1, -0.05) is 35.9 Å². The van der Waals surface area contributed by atoms with Gasteiger partial charge in [-0.05, 0) is 48.2 Å². The summed E-state index contributed by atoms with van der Waals surface area (Å²) in [5, 5.41) is 9.82. The molecule has 1 unspecified atom stereocenters. The predicted molar refractivity (Wildman–Crippen MR) is 76.7 cm³/mol. The number of carboxylic acids is 1. The molecule has 2 aromatic carbocycles. The largest absolute Gasteiger partial charge is 0.481 e. The lowest BCUT2D eigenvalue weighted by Gasteiger charge is -2.16. The summed E-state index contributed by atoms with van der Waals surface area (Å²) < 4.78 is 13.3. The van der Waals surface area contributed by atoms with Crippen LogP contribution in [0.15, 0.2) is 42.5 Å². The predicted octanol–water partition coefficient (Wildman–Crippen LogP) is 4.20. The van der Waals surface area contributed by atoms with Crippen molar-refractivity contribution in [2.24, 2.45) is 0 Å². The Morgan fingerprint density at radius 1 is 1.30 bits per heavy atom. The topological polar surface area (TPSA) is 37.3 Å². The summed E-state index contributed by atoms with van der Waals surface area (Å²) in [6.45, 7) is 1.86. The van der Waals surface area contributed by atoms with Crippen LogP contribution in [0.4, 0.5) is 4.39 Å². The van der Waals surface area contributed by atoms with Crippen molar-refractivity contribution in [3.8, 4) is 0 Å². The lowest BCUT2D eigenvalue weighted by atomic mass is 9.89. The van der Waals surface area contributed by atoms with E-state index in [4.69, 9.17) is 11.6 Å². The number of aliphatic carboxylic acids is 1. The zero-order valence-corrected chi connectivity index (χ0v) is 11.7. The lowest BCUT2D eigenvalue weighted by Crippen LogP contribution is -2.16. The fourth-order valence-corrected chi connectivity index (χ4v) is 2.42. The second kappa shape index (κ2) is 6.06. The molecule has 0 aromatic heterocycles. The number of hydrogen-bond donors (Lipinski definition) is 1. The minimum Gasteiger partial charge on any atom is -0.481 e. The van der Waals surface area contributed by atoms with Gasteiger partial charge in [-0.3, -0.25) is 4.79 Å². The molecular weight excluding hydrogens is 279 g/mol. The van der Waals surface area contributed by atoms with Gasteiger partial charge in [-0.25, -0.2) is 4.39 Å². The van der Waals surface area contributed by atoms with Gasteiger partial charge in [0, 0.05) is 5.02 Å². The van der Waals surface area contributed by atoms with Crippen molar-refractivity contribution in [1.29, 1.82) is 0 Å². The summed E-state index contributed by atoms with van der Waals surface area (Å²) in [5.41, 5.74) is 2.12. The Morgan fingerprint density at radius 2 is 2.00 bits per heavy atom. The molecule has 0 spiro atoms. The Morgan fingerprint density at radius 3 is 2.65 bits per heavy atom. The molecule has 0 saturated heterocycles. The summed E-state index contributed by atoms with van der Waals surface area (Å²) in [4.78, 5) is 11.5. The van der Waals surface area contributed by atoms with Crippen LogP contribution in [-0.2, 0) is 11.2 Å². The maximum Gasteiger partial charge on any atom is 0.311 e. The molecule has 4 heteroatoms. The Bertz CT molecular complexity index is 640. The molecule has 0 aliphatic carbocycles. The molecule has 0 fully saturated rings. The van der Waals surface area contributed by atoms with Crippen LogP contribution < -0.4 is 0 Å². The average molecular weight is 293 g/mol. The van der Waals surface area contributed by atoms with Gasteiger partial charge >= 0.3 is 5.97 Å². The Balaban J connectivity index is 2.38. The van der Waals surface area contributed by atoms with E-state index in [1.54, 1.807) is 12.1 Å². The van der Waals surface area contributed by atoms with Gasteiger partial charge in [0.1, 0.15) is 5.82 Å². The summed E-state index contributed by atoms with van der Waals surface area (Å²) in [6.07, 6.45) is 0.163. The van der Waals surface area contributed by atoms with Crippen molar-refractivity contribution in [1.82, 2.24) is 0 Å². The molecule has 0 bridgehead atoms. The lowest BCUT2D eigenvalue weighted by molar-refractivity contribution is -0.138. The molecule has 20 heavy (non-hydrogen) atoms. The number of carbonyl (C=O) groups is 1.